The summed E-state index contributed by atoms with van der Waals surface area (Å²) in [4.78, 5) is 22.1. The molecule has 0 aromatic carbocycles. The lowest BCUT2D eigenvalue weighted by Crippen LogP contribution is -2.41. The van der Waals surface area contributed by atoms with Crippen LogP contribution < -0.4 is 10.1 Å². The number of alkyl halides is 4. The molecule has 1 aromatic rings. The number of carboxylic acid groups (broad SMARTS) is 1. The molecule has 20 heavy (non-hydrogen) atoms. The number of hydrogen-bond acceptors (Lipinski definition) is 4. The Morgan fingerprint density at radius 1 is 1.35 bits per heavy atom. The van der Waals surface area contributed by atoms with Gasteiger partial charge in [-0.1, -0.05) is 0 Å². The second kappa shape index (κ2) is 7.08. The van der Waals surface area contributed by atoms with Crippen molar-refractivity contribution in [2.24, 2.45) is 0 Å². The molecular weight excluding hydrogens is 306 g/mol. The quantitative estimate of drug-likeness (QED) is 0.756. The van der Waals surface area contributed by atoms with E-state index in [0.29, 0.717) is 0 Å². The van der Waals surface area contributed by atoms with Gasteiger partial charge in [0.15, 0.2) is 0 Å². The highest BCUT2D eigenvalue weighted by Crippen LogP contribution is 2.26. The number of halogens is 4. The van der Waals surface area contributed by atoms with Gasteiger partial charge in [0.2, 0.25) is 6.43 Å². The molecule has 1 heterocycles. The summed E-state index contributed by atoms with van der Waals surface area (Å²) in [5.74, 6) is -3.15. The first kappa shape index (κ1) is 16.2. The van der Waals surface area contributed by atoms with Crippen LogP contribution in [0.1, 0.15) is 16.1 Å². The van der Waals surface area contributed by atoms with Crippen LogP contribution in [0.15, 0.2) is 11.4 Å². The minimum absolute atomic E-state index is 0.314. The summed E-state index contributed by atoms with van der Waals surface area (Å²) in [5.41, 5.74) is 0. The van der Waals surface area contributed by atoms with Crippen molar-refractivity contribution >= 4 is 23.2 Å². The molecule has 5 nitrogen and oxygen atoms in total. The molecule has 1 aromatic heterocycles. The highest BCUT2D eigenvalue weighted by Gasteiger charge is 2.26. The van der Waals surface area contributed by atoms with Crippen LogP contribution in [0.5, 0.6) is 5.75 Å². The fraction of sp³-hybridized carbons (Fsp3) is 0.400. The van der Waals surface area contributed by atoms with Crippen molar-refractivity contribution in [2.75, 3.05) is 0 Å². The zero-order chi connectivity index (χ0) is 15.3. The maximum absolute atomic E-state index is 12.2. The van der Waals surface area contributed by atoms with E-state index < -0.39 is 43.1 Å². The zero-order valence-electron chi connectivity index (χ0n) is 9.69. The number of carbonyl (C=O) groups is 2. The van der Waals surface area contributed by atoms with Gasteiger partial charge in [0.05, 0.1) is 0 Å². The maximum Gasteiger partial charge on any atom is 0.387 e. The van der Waals surface area contributed by atoms with Crippen LogP contribution in [-0.4, -0.2) is 36.1 Å². The molecule has 1 amide bonds. The van der Waals surface area contributed by atoms with Crippen LogP contribution in [0.2, 0.25) is 0 Å². The number of thiophene rings is 1. The fourth-order valence-electron chi connectivity index (χ4n) is 1.28. The minimum atomic E-state index is -3.16. The smallest absolute Gasteiger partial charge is 0.387 e. The van der Waals surface area contributed by atoms with E-state index in [4.69, 9.17) is 5.11 Å². The third-order valence-corrected chi connectivity index (χ3v) is 2.96. The second-order valence-electron chi connectivity index (χ2n) is 3.48. The number of nitrogens with one attached hydrogen (secondary N) is 1. The molecule has 0 radical (unpaired) electrons. The van der Waals surface area contributed by atoms with Crippen molar-refractivity contribution in [3.8, 4) is 5.75 Å². The van der Waals surface area contributed by atoms with Crippen molar-refractivity contribution in [1.82, 2.24) is 5.32 Å². The fourth-order valence-corrected chi connectivity index (χ4v) is 2.00. The second-order valence-corrected chi connectivity index (χ2v) is 4.40. The van der Waals surface area contributed by atoms with Crippen LogP contribution in [0.25, 0.3) is 0 Å². The number of carbonyl (C=O) groups excluding carboxylic acids is 1. The molecule has 0 bridgehead atoms. The molecule has 1 rings (SSSR count). The molecular formula is C10H9F4NO4S. The van der Waals surface area contributed by atoms with Crippen LogP contribution >= 0.6 is 11.3 Å². The number of amides is 1. The Bertz CT molecular complexity index is 480. The third-order valence-electron chi connectivity index (χ3n) is 2.07. The van der Waals surface area contributed by atoms with Crippen molar-refractivity contribution < 1.29 is 37.0 Å². The van der Waals surface area contributed by atoms with E-state index in [0.717, 1.165) is 17.4 Å². The molecule has 0 saturated carbocycles. The summed E-state index contributed by atoms with van der Waals surface area (Å²) in [6.45, 7) is -3.16. The van der Waals surface area contributed by atoms with E-state index >= 15 is 0 Å². The molecule has 1 unspecified atom stereocenters. The van der Waals surface area contributed by atoms with Crippen LogP contribution in [-0.2, 0) is 4.79 Å². The Balaban J connectivity index is 2.79. The van der Waals surface area contributed by atoms with Gasteiger partial charge in [-0.15, -0.1) is 11.3 Å². The van der Waals surface area contributed by atoms with Crippen molar-refractivity contribution in [3.05, 3.63) is 16.3 Å². The minimum Gasteiger partial charge on any atom is -0.480 e. The van der Waals surface area contributed by atoms with Crippen molar-refractivity contribution in [1.29, 1.82) is 0 Å². The predicted octanol–water partition coefficient (Wildman–Crippen LogP) is 2.19. The largest absolute Gasteiger partial charge is 0.480 e. The first-order valence-electron chi connectivity index (χ1n) is 5.15. The predicted molar refractivity (Wildman–Crippen MR) is 60.5 cm³/mol. The van der Waals surface area contributed by atoms with Gasteiger partial charge in [0.1, 0.15) is 16.7 Å². The Kier molecular flexibility index (Phi) is 5.74. The normalized spacial score (nSPS) is 12.5. The highest BCUT2D eigenvalue weighted by molar-refractivity contribution is 7.12. The Labute approximate surface area is 114 Å². The molecule has 0 spiro atoms. The maximum atomic E-state index is 12.2. The topological polar surface area (TPSA) is 75.6 Å². The van der Waals surface area contributed by atoms with Crippen LogP contribution in [0.3, 0.4) is 0 Å². The van der Waals surface area contributed by atoms with Gasteiger partial charge in [0, 0.05) is 6.42 Å². The van der Waals surface area contributed by atoms with E-state index in [1.54, 1.807) is 0 Å². The van der Waals surface area contributed by atoms with E-state index in [1.807, 2.05) is 5.32 Å². The average molecular weight is 315 g/mol. The summed E-state index contributed by atoms with van der Waals surface area (Å²) in [6.07, 6.45) is -4.02. The number of ether oxygens (including phenoxy) is 1. The summed E-state index contributed by atoms with van der Waals surface area (Å²) in [7, 11) is 0. The molecule has 112 valence electrons. The molecule has 0 aliphatic heterocycles. The van der Waals surface area contributed by atoms with E-state index in [-0.39, 0.29) is 4.88 Å². The molecule has 2 N–H and O–H groups in total. The van der Waals surface area contributed by atoms with Crippen molar-refractivity contribution in [3.63, 3.8) is 0 Å². The molecule has 0 fully saturated rings. The van der Waals surface area contributed by atoms with Gasteiger partial charge in [-0.05, 0) is 11.4 Å². The average Bonchev–Trinajstić information content (AvgIpc) is 2.74. The molecule has 1 atom stereocenters. The zero-order valence-corrected chi connectivity index (χ0v) is 10.5. The van der Waals surface area contributed by atoms with E-state index in [9.17, 15) is 27.2 Å². The lowest BCUT2D eigenvalue weighted by molar-refractivity contribution is -0.140. The first-order valence-corrected chi connectivity index (χ1v) is 6.03. The number of carboxylic acids is 1. The third kappa shape index (κ3) is 4.68. The van der Waals surface area contributed by atoms with Gasteiger partial charge in [-0.2, -0.15) is 8.78 Å². The first-order chi connectivity index (χ1) is 9.31. The van der Waals surface area contributed by atoms with Crippen LogP contribution in [0.4, 0.5) is 17.6 Å². The van der Waals surface area contributed by atoms with E-state index in [2.05, 4.69) is 4.74 Å². The monoisotopic (exact) mass is 315 g/mol. The SMILES string of the molecule is O=C(NC(CC(F)F)C(=O)O)c1sccc1OC(F)F. The van der Waals surface area contributed by atoms with Crippen molar-refractivity contribution in [2.45, 2.75) is 25.5 Å². The van der Waals surface area contributed by atoms with Gasteiger partial charge >= 0.3 is 12.6 Å². The standard InChI is InChI=1S/C10H9F4NO4S/c11-6(12)3-4(9(17)18)15-8(16)7-5(1-2-20-7)19-10(13)14/h1-2,4,6,10H,3H2,(H,15,16)(H,17,18). The molecule has 10 heteroatoms. The Morgan fingerprint density at radius 2 is 2.00 bits per heavy atom. The molecule has 0 aliphatic rings. The number of aliphatic carboxylic acids is 1. The lowest BCUT2D eigenvalue weighted by Gasteiger charge is -2.14. The molecule has 0 aliphatic carbocycles. The summed E-state index contributed by atoms with van der Waals surface area (Å²) in [5, 5.41) is 11.8. The highest BCUT2D eigenvalue weighted by atomic mass is 32.1. The van der Waals surface area contributed by atoms with Crippen LogP contribution in [0, 0.1) is 0 Å². The summed E-state index contributed by atoms with van der Waals surface area (Å²) >= 11 is 0.721. The summed E-state index contributed by atoms with van der Waals surface area (Å²) in [6, 6.07) is -0.724. The molecule has 0 saturated heterocycles. The Morgan fingerprint density at radius 3 is 2.50 bits per heavy atom. The van der Waals surface area contributed by atoms with Gasteiger partial charge in [-0.3, -0.25) is 4.79 Å². The Hall–Kier alpha value is -1.84. The summed E-state index contributed by atoms with van der Waals surface area (Å²) < 4.78 is 52.5. The number of hydrogen-bond donors (Lipinski definition) is 2. The number of rotatable bonds is 7. The van der Waals surface area contributed by atoms with Gasteiger partial charge < -0.3 is 15.2 Å². The van der Waals surface area contributed by atoms with Gasteiger partial charge in [0.25, 0.3) is 5.91 Å². The lowest BCUT2D eigenvalue weighted by atomic mass is 10.2. The van der Waals surface area contributed by atoms with E-state index in [1.165, 1.54) is 5.38 Å². The van der Waals surface area contributed by atoms with Gasteiger partial charge in [-0.25, -0.2) is 13.6 Å².